The SMILES string of the molecule is c1ccc(C(Cc2ccsc2)c2ccccc2)cc1. The van der Waals surface area contributed by atoms with Gasteiger partial charge >= 0.3 is 0 Å². The molecule has 0 aliphatic rings. The Morgan fingerprint density at radius 2 is 1.32 bits per heavy atom. The standard InChI is InChI=1S/C18H16S/c1-3-7-16(8-4-1)18(13-15-11-12-19-14-15)17-9-5-2-6-10-17/h1-12,14,18H,13H2. The van der Waals surface area contributed by atoms with E-state index < -0.39 is 0 Å². The smallest absolute Gasteiger partial charge is 0.0130 e. The van der Waals surface area contributed by atoms with Crippen LogP contribution >= 0.6 is 11.3 Å². The molecule has 0 radical (unpaired) electrons. The summed E-state index contributed by atoms with van der Waals surface area (Å²) < 4.78 is 0. The first-order chi connectivity index (χ1) is 9.43. The highest BCUT2D eigenvalue weighted by molar-refractivity contribution is 7.07. The van der Waals surface area contributed by atoms with Gasteiger partial charge in [0.2, 0.25) is 0 Å². The summed E-state index contributed by atoms with van der Waals surface area (Å²) in [5.41, 5.74) is 4.20. The number of hydrogen-bond acceptors (Lipinski definition) is 1. The first-order valence-electron chi connectivity index (χ1n) is 6.54. The summed E-state index contributed by atoms with van der Waals surface area (Å²) in [7, 11) is 0. The van der Waals surface area contributed by atoms with E-state index in [0.717, 1.165) is 6.42 Å². The van der Waals surface area contributed by atoms with E-state index in [1.165, 1.54) is 16.7 Å². The fourth-order valence-electron chi connectivity index (χ4n) is 2.44. The third-order valence-corrected chi connectivity index (χ3v) is 4.16. The minimum absolute atomic E-state index is 0.442. The maximum atomic E-state index is 2.25. The third kappa shape index (κ3) is 2.94. The van der Waals surface area contributed by atoms with Crippen molar-refractivity contribution >= 4 is 11.3 Å². The molecule has 94 valence electrons. The topological polar surface area (TPSA) is 0 Å². The molecule has 2 aromatic carbocycles. The van der Waals surface area contributed by atoms with Crippen LogP contribution in [0.5, 0.6) is 0 Å². The second-order valence-corrected chi connectivity index (χ2v) is 5.49. The normalized spacial score (nSPS) is 10.8. The van der Waals surface area contributed by atoms with E-state index in [1.54, 1.807) is 11.3 Å². The lowest BCUT2D eigenvalue weighted by Crippen LogP contribution is -2.04. The molecule has 0 spiro atoms. The molecule has 0 aliphatic heterocycles. The van der Waals surface area contributed by atoms with Gasteiger partial charge in [-0.3, -0.25) is 0 Å². The minimum atomic E-state index is 0.442. The van der Waals surface area contributed by atoms with Crippen molar-refractivity contribution in [3.63, 3.8) is 0 Å². The van der Waals surface area contributed by atoms with Gasteiger partial charge in [0.25, 0.3) is 0 Å². The largest absolute Gasteiger partial charge is 0.152 e. The van der Waals surface area contributed by atoms with E-state index >= 15 is 0 Å². The predicted molar refractivity (Wildman–Crippen MR) is 82.8 cm³/mol. The molecule has 0 bridgehead atoms. The van der Waals surface area contributed by atoms with E-state index in [0.29, 0.717) is 5.92 Å². The molecule has 0 aliphatic carbocycles. The molecule has 0 saturated heterocycles. The first kappa shape index (κ1) is 12.2. The van der Waals surface area contributed by atoms with Gasteiger partial charge in [-0.2, -0.15) is 11.3 Å². The lowest BCUT2D eigenvalue weighted by molar-refractivity contribution is 0.808. The zero-order valence-electron chi connectivity index (χ0n) is 10.7. The number of rotatable bonds is 4. The van der Waals surface area contributed by atoms with E-state index in [2.05, 4.69) is 77.5 Å². The van der Waals surface area contributed by atoms with E-state index in [9.17, 15) is 0 Å². The van der Waals surface area contributed by atoms with Gasteiger partial charge < -0.3 is 0 Å². The van der Waals surface area contributed by atoms with Crippen molar-refractivity contribution in [3.05, 3.63) is 94.2 Å². The zero-order valence-corrected chi connectivity index (χ0v) is 11.5. The second-order valence-electron chi connectivity index (χ2n) is 4.71. The number of thiophene rings is 1. The second kappa shape index (κ2) is 5.85. The molecule has 19 heavy (non-hydrogen) atoms. The molecule has 0 N–H and O–H groups in total. The van der Waals surface area contributed by atoms with Crippen molar-refractivity contribution in [1.82, 2.24) is 0 Å². The van der Waals surface area contributed by atoms with Gasteiger partial charge in [-0.05, 0) is 39.9 Å². The van der Waals surface area contributed by atoms with Gasteiger partial charge in [0.05, 0.1) is 0 Å². The molecule has 3 aromatic rings. The summed E-state index contributed by atoms with van der Waals surface area (Å²) in [6.07, 6.45) is 1.07. The molecule has 0 saturated carbocycles. The van der Waals surface area contributed by atoms with E-state index in [1.807, 2.05) is 0 Å². The van der Waals surface area contributed by atoms with Gasteiger partial charge in [-0.25, -0.2) is 0 Å². The molecule has 1 heterocycles. The van der Waals surface area contributed by atoms with Crippen molar-refractivity contribution in [2.45, 2.75) is 12.3 Å². The maximum absolute atomic E-state index is 2.25. The average molecular weight is 264 g/mol. The predicted octanol–water partition coefficient (Wildman–Crippen LogP) is 5.12. The Balaban J connectivity index is 1.96. The summed E-state index contributed by atoms with van der Waals surface area (Å²) in [6.45, 7) is 0. The van der Waals surface area contributed by atoms with Gasteiger partial charge in [0, 0.05) is 5.92 Å². The Labute approximate surface area is 118 Å². The van der Waals surface area contributed by atoms with Crippen LogP contribution in [-0.4, -0.2) is 0 Å². The summed E-state index contributed by atoms with van der Waals surface area (Å²) in [5, 5.41) is 4.40. The van der Waals surface area contributed by atoms with Crippen LogP contribution in [-0.2, 0) is 6.42 Å². The molecule has 1 aromatic heterocycles. The highest BCUT2D eigenvalue weighted by atomic mass is 32.1. The molecular weight excluding hydrogens is 248 g/mol. The van der Waals surface area contributed by atoms with Gasteiger partial charge in [0.1, 0.15) is 0 Å². The monoisotopic (exact) mass is 264 g/mol. The van der Waals surface area contributed by atoms with Gasteiger partial charge in [0.15, 0.2) is 0 Å². The Hall–Kier alpha value is -1.86. The average Bonchev–Trinajstić information content (AvgIpc) is 3.00. The summed E-state index contributed by atoms with van der Waals surface area (Å²) in [5.74, 6) is 0.442. The van der Waals surface area contributed by atoms with Crippen molar-refractivity contribution in [3.8, 4) is 0 Å². The Morgan fingerprint density at radius 1 is 0.737 bits per heavy atom. The number of hydrogen-bond donors (Lipinski definition) is 0. The molecule has 3 rings (SSSR count). The molecule has 0 fully saturated rings. The molecule has 0 atom stereocenters. The molecular formula is C18H16S. The lowest BCUT2D eigenvalue weighted by Gasteiger charge is -2.17. The molecule has 0 amide bonds. The van der Waals surface area contributed by atoms with Crippen LogP contribution in [0.2, 0.25) is 0 Å². The van der Waals surface area contributed by atoms with Crippen molar-refractivity contribution in [2.24, 2.45) is 0 Å². The summed E-state index contributed by atoms with van der Waals surface area (Å²) in [4.78, 5) is 0. The van der Waals surface area contributed by atoms with E-state index in [4.69, 9.17) is 0 Å². The Morgan fingerprint density at radius 3 is 1.79 bits per heavy atom. The molecule has 0 unspecified atom stereocenters. The van der Waals surface area contributed by atoms with Crippen molar-refractivity contribution in [2.75, 3.05) is 0 Å². The van der Waals surface area contributed by atoms with Crippen LogP contribution in [0.1, 0.15) is 22.6 Å². The Kier molecular flexibility index (Phi) is 3.75. The zero-order chi connectivity index (χ0) is 12.9. The van der Waals surface area contributed by atoms with Crippen molar-refractivity contribution in [1.29, 1.82) is 0 Å². The van der Waals surface area contributed by atoms with Crippen molar-refractivity contribution < 1.29 is 0 Å². The quantitative estimate of drug-likeness (QED) is 0.613. The van der Waals surface area contributed by atoms with Crippen LogP contribution in [0.4, 0.5) is 0 Å². The maximum Gasteiger partial charge on any atom is 0.0130 e. The molecule has 1 heteroatoms. The highest BCUT2D eigenvalue weighted by Crippen LogP contribution is 2.28. The van der Waals surface area contributed by atoms with Crippen LogP contribution in [0.15, 0.2) is 77.5 Å². The fraction of sp³-hybridized carbons (Fsp3) is 0.111. The number of benzene rings is 2. The van der Waals surface area contributed by atoms with Crippen LogP contribution < -0.4 is 0 Å². The van der Waals surface area contributed by atoms with Crippen LogP contribution in [0, 0.1) is 0 Å². The molecule has 0 nitrogen and oxygen atoms in total. The van der Waals surface area contributed by atoms with E-state index in [-0.39, 0.29) is 0 Å². The fourth-order valence-corrected chi connectivity index (χ4v) is 3.12. The van der Waals surface area contributed by atoms with Gasteiger partial charge in [-0.15, -0.1) is 0 Å². The Bertz CT molecular complexity index is 557. The summed E-state index contributed by atoms with van der Waals surface area (Å²) in [6, 6.07) is 23.8. The summed E-state index contributed by atoms with van der Waals surface area (Å²) >= 11 is 1.77. The van der Waals surface area contributed by atoms with Crippen LogP contribution in [0.3, 0.4) is 0 Å². The van der Waals surface area contributed by atoms with Gasteiger partial charge in [-0.1, -0.05) is 60.7 Å². The lowest BCUT2D eigenvalue weighted by atomic mass is 9.87. The van der Waals surface area contributed by atoms with Crippen LogP contribution in [0.25, 0.3) is 0 Å². The first-order valence-corrected chi connectivity index (χ1v) is 7.49. The third-order valence-electron chi connectivity index (χ3n) is 3.42. The minimum Gasteiger partial charge on any atom is -0.152 e. The highest BCUT2D eigenvalue weighted by Gasteiger charge is 2.14.